The van der Waals surface area contributed by atoms with Crippen LogP contribution in [-0.4, -0.2) is 22.2 Å². The Morgan fingerprint density at radius 1 is 0.306 bits per heavy atom. The van der Waals surface area contributed by atoms with Crippen molar-refractivity contribution in [1.29, 1.82) is 0 Å². The number of fused-ring (bicyclic) bond motifs is 17. The summed E-state index contributed by atoms with van der Waals surface area (Å²) in [4.78, 5) is 0. The van der Waals surface area contributed by atoms with Gasteiger partial charge in [-0.1, -0.05) is 176 Å². The number of hydrogen-bond donors (Lipinski definition) is 0. The van der Waals surface area contributed by atoms with E-state index in [9.17, 15) is 0 Å². The molecule has 0 aliphatic rings. The summed E-state index contributed by atoms with van der Waals surface area (Å²) in [6.07, 6.45) is 15.0. The number of nitrogens with zero attached hydrogens (tertiary/aromatic N) is 10. The Kier molecular flexibility index (Phi) is 17.5. The summed E-state index contributed by atoms with van der Waals surface area (Å²) < 4.78 is 34.7. The molecule has 0 N–H and O–H groups in total. The van der Waals surface area contributed by atoms with Crippen molar-refractivity contribution in [1.82, 2.24) is 22.2 Å². The van der Waals surface area contributed by atoms with Crippen LogP contribution in [0.15, 0.2) is 343 Å². The number of benzene rings is 10. The number of para-hydroxylation sites is 5. The molecule has 0 aliphatic heterocycles. The van der Waals surface area contributed by atoms with Gasteiger partial charge in [0, 0.05) is 49.8 Å². The highest BCUT2D eigenvalue weighted by atomic mass is 16.3. The van der Waals surface area contributed by atoms with Crippen LogP contribution in [0.4, 0.5) is 0 Å². The van der Waals surface area contributed by atoms with Gasteiger partial charge in [0.05, 0.1) is 58.9 Å². The average molecular weight is 1450 g/mol. The Morgan fingerprint density at radius 3 is 1.49 bits per heavy atom. The van der Waals surface area contributed by atoms with E-state index in [0.29, 0.717) is 0 Å². The van der Waals surface area contributed by atoms with E-state index >= 15 is 0 Å². The van der Waals surface area contributed by atoms with E-state index in [2.05, 4.69) is 425 Å². The molecular formula is C99H85N10O2+5. The minimum absolute atomic E-state index is 0.933. The molecule has 12 heteroatoms. The molecule has 0 saturated carbocycles. The first-order chi connectivity index (χ1) is 54.2. The van der Waals surface area contributed by atoms with Crippen molar-refractivity contribution >= 4 is 104 Å². The maximum Gasteiger partial charge on any atom is 0.297 e. The minimum atomic E-state index is 0.933. The van der Waals surface area contributed by atoms with Gasteiger partial charge >= 0.3 is 0 Å². The Hall–Kier alpha value is -14.0. The third-order valence-corrected chi connectivity index (χ3v) is 22.1. The van der Waals surface area contributed by atoms with Gasteiger partial charge in [-0.25, -0.2) is 4.57 Å². The quantitative estimate of drug-likeness (QED) is 0.161. The number of aryl methyl sites for hydroxylation is 10. The Bertz CT molecular complexity index is 7320. The lowest BCUT2D eigenvalue weighted by molar-refractivity contribution is -0.739. The molecule has 12 heterocycles. The summed E-state index contributed by atoms with van der Waals surface area (Å²) in [7, 11) is 10.5. The third kappa shape index (κ3) is 12.2. The number of pyridine rings is 1. The lowest BCUT2D eigenvalue weighted by Gasteiger charge is -2.06. The lowest BCUT2D eigenvalue weighted by atomic mass is 10.0. The number of aromatic nitrogens is 10. The van der Waals surface area contributed by atoms with Gasteiger partial charge in [-0.3, -0.25) is 0 Å². The van der Waals surface area contributed by atoms with Crippen LogP contribution in [0, 0.1) is 34.6 Å². The molecule has 0 spiro atoms. The largest absolute Gasteiger partial charge is 0.455 e. The molecule has 10 aromatic carbocycles. The van der Waals surface area contributed by atoms with Gasteiger partial charge in [0.25, 0.3) is 5.82 Å². The van der Waals surface area contributed by atoms with Crippen molar-refractivity contribution < 1.29 is 31.9 Å². The van der Waals surface area contributed by atoms with Crippen LogP contribution in [0.1, 0.15) is 27.8 Å². The fourth-order valence-corrected chi connectivity index (χ4v) is 16.6. The van der Waals surface area contributed by atoms with E-state index in [0.717, 1.165) is 55.7 Å². The first kappa shape index (κ1) is 68.8. The summed E-state index contributed by atoms with van der Waals surface area (Å²) in [5.74, 6) is 1.13. The fraction of sp³-hybridized carbons (Fsp3) is 0.101. The highest BCUT2D eigenvalue weighted by Gasteiger charge is 2.27. The van der Waals surface area contributed by atoms with Gasteiger partial charge in [-0.2, -0.15) is 13.5 Å². The van der Waals surface area contributed by atoms with Crippen molar-refractivity contribution in [3.63, 3.8) is 0 Å². The molecule has 0 unspecified atom stereocenters. The molecule has 538 valence electrons. The molecule has 0 saturated heterocycles. The Morgan fingerprint density at radius 2 is 0.820 bits per heavy atom. The first-order valence-electron chi connectivity index (χ1n) is 37.8. The van der Waals surface area contributed by atoms with Gasteiger partial charge in [-0.05, 0) is 166 Å². The van der Waals surface area contributed by atoms with E-state index in [4.69, 9.17) is 8.83 Å². The van der Waals surface area contributed by atoms with Crippen LogP contribution < -0.4 is 23.1 Å². The van der Waals surface area contributed by atoms with E-state index in [-0.39, 0.29) is 0 Å². The summed E-state index contributed by atoms with van der Waals surface area (Å²) in [5.41, 5.74) is 30.9. The first-order valence-corrected chi connectivity index (χ1v) is 37.8. The molecule has 0 amide bonds. The van der Waals surface area contributed by atoms with Crippen molar-refractivity contribution in [2.24, 2.45) is 35.2 Å². The molecule has 22 aromatic rings. The summed E-state index contributed by atoms with van der Waals surface area (Å²) in [6, 6.07) is 102. The Labute approximate surface area is 643 Å². The smallest absolute Gasteiger partial charge is 0.297 e. The van der Waals surface area contributed by atoms with Crippen LogP contribution in [0.5, 0.6) is 0 Å². The van der Waals surface area contributed by atoms with Crippen LogP contribution in [-0.2, 0) is 35.2 Å². The lowest BCUT2D eigenvalue weighted by Crippen LogP contribution is -2.39. The highest BCUT2D eigenvalue weighted by Crippen LogP contribution is 2.40. The van der Waals surface area contributed by atoms with Crippen molar-refractivity contribution in [3.05, 3.63) is 362 Å². The molecule has 12 aromatic heterocycles. The van der Waals surface area contributed by atoms with Crippen LogP contribution in [0.25, 0.3) is 161 Å². The van der Waals surface area contributed by atoms with E-state index in [1.807, 2.05) is 24.3 Å². The van der Waals surface area contributed by atoms with Gasteiger partial charge in [-0.15, -0.1) is 18.4 Å². The second kappa shape index (κ2) is 28.3. The number of rotatable bonds is 5. The molecule has 12 nitrogen and oxygen atoms in total. The maximum atomic E-state index is 6.27. The number of furan rings is 2. The predicted molar refractivity (Wildman–Crippen MR) is 451 cm³/mol. The summed E-state index contributed by atoms with van der Waals surface area (Å²) in [5, 5.41) is 8.49. The zero-order chi connectivity index (χ0) is 75.7. The Balaban J connectivity index is 0.0000000973. The zero-order valence-corrected chi connectivity index (χ0v) is 64.0. The molecule has 0 atom stereocenters. The van der Waals surface area contributed by atoms with Gasteiger partial charge in [0.2, 0.25) is 17.1 Å². The second-order valence-electron chi connectivity index (χ2n) is 29.2. The molecule has 111 heavy (non-hydrogen) atoms. The zero-order valence-electron chi connectivity index (χ0n) is 64.0. The highest BCUT2D eigenvalue weighted by molar-refractivity contribution is 6.11. The van der Waals surface area contributed by atoms with Crippen molar-refractivity contribution in [2.45, 2.75) is 34.6 Å². The molecule has 0 fully saturated rings. The van der Waals surface area contributed by atoms with Gasteiger partial charge in [0.1, 0.15) is 75.9 Å². The minimum Gasteiger partial charge on any atom is -0.455 e. The standard InChI is InChI=1S/2C21H17N2O.3C19H17N2/c1-14-10-11-17-16-8-3-4-9-18(16)24-20(17)19(14)21-22(2)13-15-7-5-6-12-23(15)21;1-14-9-11-17-16-7-3-4-8-19(16)24-21(17)20(14)18-12-10-15-6-5-13-22(2)23(15)18;1-14-7-3-5-9-17(14)19-13-21-16(12-20(19)2)11-15-8-4-6-10-18(15)21;1-14-7-3-5-9-17(14)19-12-11-16-13-15-8-4-6-10-18(15)21(16)20(19)2;1-14-7-3-5-9-16(14)19-18-13-15-8-4-6-10-17(15)21(18)12-11-20(19)2/h2*3-13H,1-2H3;3*3-13H,1-2H3/q5*+1. The van der Waals surface area contributed by atoms with Gasteiger partial charge in [0.15, 0.2) is 43.8 Å². The SMILES string of the molecule is Cc1ccc2c(oc3ccccc32)c1-c1ccc2ccc[n+](C)n12.Cc1ccc2c(oc3ccccc32)c1-c1n2ccccc2c[n+]1C.Cc1ccccc1-c1c2cc3ccccc3n2cc[n+]1C.Cc1ccccc1-c1ccc2cc3ccccc3n2[n+]1C.Cc1ccccc1-c1cn2c(cc3ccccc32)c[n+]1C. The van der Waals surface area contributed by atoms with E-state index in [1.54, 1.807) is 0 Å². The van der Waals surface area contributed by atoms with Crippen LogP contribution in [0.2, 0.25) is 0 Å². The molecule has 0 bridgehead atoms. The van der Waals surface area contributed by atoms with Crippen molar-refractivity contribution in [3.8, 4) is 56.4 Å². The van der Waals surface area contributed by atoms with Gasteiger partial charge < -0.3 is 17.6 Å². The van der Waals surface area contributed by atoms with E-state index in [1.165, 1.54) is 133 Å². The topological polar surface area (TPSA) is 67.7 Å². The maximum absolute atomic E-state index is 6.27. The van der Waals surface area contributed by atoms with Crippen LogP contribution in [0.3, 0.4) is 0 Å². The molecule has 22 rings (SSSR count). The summed E-state index contributed by atoms with van der Waals surface area (Å²) in [6.45, 7) is 10.8. The fourth-order valence-electron chi connectivity index (χ4n) is 16.6. The number of hydrogen-bond acceptors (Lipinski definition) is 2. The second-order valence-corrected chi connectivity index (χ2v) is 29.2. The monoisotopic (exact) mass is 1450 g/mol. The third-order valence-electron chi connectivity index (χ3n) is 22.1. The summed E-state index contributed by atoms with van der Waals surface area (Å²) >= 11 is 0. The molecule has 0 aliphatic carbocycles. The molecule has 0 radical (unpaired) electrons. The van der Waals surface area contributed by atoms with Crippen LogP contribution >= 0.6 is 0 Å². The average Bonchev–Trinajstić information content (AvgIpc) is 1.67. The number of imidazole rings is 1. The van der Waals surface area contributed by atoms with E-state index < -0.39 is 0 Å². The normalized spacial score (nSPS) is 11.5. The van der Waals surface area contributed by atoms with Crippen molar-refractivity contribution in [2.75, 3.05) is 0 Å². The molecular weight excluding hydrogens is 1360 g/mol. The predicted octanol–water partition coefficient (Wildman–Crippen LogP) is 21.0.